The lowest BCUT2D eigenvalue weighted by Gasteiger charge is -2.08. The fraction of sp³-hybridized carbons (Fsp3) is 0.400. The zero-order valence-electron chi connectivity index (χ0n) is 10.1. The molecule has 1 heterocycles. The van der Waals surface area contributed by atoms with Crippen molar-refractivity contribution >= 4 is 16.7 Å². The summed E-state index contributed by atoms with van der Waals surface area (Å²) in [6.45, 7) is 1.82. The molecule has 0 aliphatic carbocycles. The number of nitrogens with zero attached hydrogens (tertiary/aromatic N) is 5. The second kappa shape index (κ2) is 4.96. The van der Waals surface area contributed by atoms with Crippen LogP contribution < -0.4 is 0 Å². The van der Waals surface area contributed by atoms with Gasteiger partial charge in [0.2, 0.25) is 0 Å². The Morgan fingerprint density at radius 2 is 2.11 bits per heavy atom. The van der Waals surface area contributed by atoms with Crippen molar-refractivity contribution in [3.05, 3.63) is 38.4 Å². The maximum Gasteiger partial charge on any atom is 0.306 e. The van der Waals surface area contributed by atoms with E-state index in [0.717, 1.165) is 4.68 Å². The first kappa shape index (κ1) is 12.9. The molecule has 19 heavy (non-hydrogen) atoms. The van der Waals surface area contributed by atoms with Crippen molar-refractivity contribution in [2.45, 2.75) is 25.9 Å². The van der Waals surface area contributed by atoms with Crippen molar-refractivity contribution in [3.63, 3.8) is 0 Å². The molecule has 0 saturated heterocycles. The number of aromatic nitrogens is 3. The first-order valence-corrected chi connectivity index (χ1v) is 5.68. The fourth-order valence-electron chi connectivity index (χ4n) is 1.89. The van der Waals surface area contributed by atoms with Crippen LogP contribution in [0.5, 0.6) is 0 Å². The number of rotatable bonds is 5. The van der Waals surface area contributed by atoms with Gasteiger partial charge in [-0.15, -0.1) is 5.10 Å². The molecule has 9 nitrogen and oxygen atoms in total. The van der Waals surface area contributed by atoms with Crippen molar-refractivity contribution in [2.24, 2.45) is 0 Å². The first-order chi connectivity index (χ1) is 9.06. The number of fused-ring (bicyclic) bond motifs is 1. The molecule has 1 aromatic carbocycles. The van der Waals surface area contributed by atoms with Gasteiger partial charge in [-0.05, 0) is 12.5 Å². The van der Waals surface area contributed by atoms with Crippen molar-refractivity contribution in [1.29, 1.82) is 0 Å². The van der Waals surface area contributed by atoms with Crippen LogP contribution in [0.1, 0.15) is 25.9 Å². The summed E-state index contributed by atoms with van der Waals surface area (Å²) in [6, 6.07) is 4.29. The van der Waals surface area contributed by atoms with E-state index in [9.17, 15) is 20.2 Å². The summed E-state index contributed by atoms with van der Waals surface area (Å²) in [6.07, 6.45) is -0.173. The van der Waals surface area contributed by atoms with E-state index in [0.29, 0.717) is 11.9 Å². The van der Waals surface area contributed by atoms with E-state index in [4.69, 9.17) is 0 Å². The summed E-state index contributed by atoms with van der Waals surface area (Å²) in [5.41, 5.74) is 0.155. The lowest BCUT2D eigenvalue weighted by molar-refractivity contribution is -0.550. The zero-order valence-corrected chi connectivity index (χ0v) is 10.1. The van der Waals surface area contributed by atoms with Crippen molar-refractivity contribution < 1.29 is 9.85 Å². The van der Waals surface area contributed by atoms with Gasteiger partial charge in [-0.1, -0.05) is 18.2 Å². The lowest BCUT2D eigenvalue weighted by atomic mass is 10.2. The van der Waals surface area contributed by atoms with Crippen LogP contribution in [0.4, 0.5) is 5.69 Å². The molecule has 0 amide bonds. The Morgan fingerprint density at radius 3 is 2.68 bits per heavy atom. The zero-order chi connectivity index (χ0) is 14.0. The van der Waals surface area contributed by atoms with Gasteiger partial charge in [-0.3, -0.25) is 20.2 Å². The number of nitro groups is 2. The normalized spacial score (nSPS) is 12.5. The van der Waals surface area contributed by atoms with E-state index in [1.54, 1.807) is 0 Å². The van der Waals surface area contributed by atoms with Crippen LogP contribution in [-0.4, -0.2) is 24.8 Å². The molecule has 0 aliphatic rings. The molecule has 0 spiro atoms. The molecular weight excluding hydrogens is 254 g/mol. The van der Waals surface area contributed by atoms with Crippen molar-refractivity contribution in [3.8, 4) is 0 Å². The highest BCUT2D eigenvalue weighted by atomic mass is 16.6. The van der Waals surface area contributed by atoms with Gasteiger partial charge in [0, 0.05) is 17.4 Å². The SMILES string of the molecule is CCCC(n1nnc2c([N+](=O)[O-])cccc21)[N+](=O)[O-]. The highest BCUT2D eigenvalue weighted by Crippen LogP contribution is 2.26. The molecule has 1 atom stereocenters. The molecule has 1 unspecified atom stereocenters. The van der Waals surface area contributed by atoms with Crippen LogP contribution in [-0.2, 0) is 0 Å². The molecule has 100 valence electrons. The van der Waals surface area contributed by atoms with E-state index in [2.05, 4.69) is 10.3 Å². The second-order valence-electron chi connectivity index (χ2n) is 3.99. The minimum absolute atomic E-state index is 0.0652. The topological polar surface area (TPSA) is 117 Å². The third-order valence-corrected chi connectivity index (χ3v) is 2.75. The van der Waals surface area contributed by atoms with E-state index >= 15 is 0 Å². The maximum atomic E-state index is 11.0. The smallest absolute Gasteiger partial charge is 0.262 e. The minimum Gasteiger partial charge on any atom is -0.262 e. The summed E-state index contributed by atoms with van der Waals surface area (Å²) >= 11 is 0. The average Bonchev–Trinajstić information content (AvgIpc) is 2.78. The second-order valence-corrected chi connectivity index (χ2v) is 3.99. The Morgan fingerprint density at radius 1 is 1.37 bits per heavy atom. The summed E-state index contributed by atoms with van der Waals surface area (Å²) < 4.78 is 1.13. The largest absolute Gasteiger partial charge is 0.306 e. The van der Waals surface area contributed by atoms with Crippen LogP contribution >= 0.6 is 0 Å². The van der Waals surface area contributed by atoms with E-state index < -0.39 is 16.0 Å². The summed E-state index contributed by atoms with van der Waals surface area (Å²) in [7, 11) is 0. The Bertz CT molecular complexity index is 638. The number of hydrogen-bond acceptors (Lipinski definition) is 6. The Kier molecular flexibility index (Phi) is 3.36. The van der Waals surface area contributed by atoms with E-state index in [1.165, 1.54) is 18.2 Å². The van der Waals surface area contributed by atoms with Gasteiger partial charge in [0.05, 0.1) is 4.92 Å². The lowest BCUT2D eigenvalue weighted by Crippen LogP contribution is -2.19. The molecule has 9 heteroatoms. The summed E-state index contributed by atoms with van der Waals surface area (Å²) in [5, 5.41) is 29.3. The predicted molar refractivity (Wildman–Crippen MR) is 65.1 cm³/mol. The Labute approximate surface area is 107 Å². The number of non-ortho nitro benzene ring substituents is 1. The molecule has 0 aliphatic heterocycles. The highest BCUT2D eigenvalue weighted by Gasteiger charge is 2.27. The van der Waals surface area contributed by atoms with Gasteiger partial charge in [-0.2, -0.15) is 4.68 Å². The Balaban J connectivity index is 2.59. The van der Waals surface area contributed by atoms with E-state index in [-0.39, 0.29) is 17.6 Å². The standard InChI is InChI=1S/C10H11N5O4/c1-2-4-9(15(18)19)13-7-5-3-6-8(14(16)17)10(7)11-12-13/h3,5-6,9H,2,4H2,1H3. The van der Waals surface area contributed by atoms with Crippen LogP contribution in [0, 0.1) is 20.2 Å². The van der Waals surface area contributed by atoms with E-state index in [1.807, 2.05) is 6.92 Å². The number of hydrogen-bond donors (Lipinski definition) is 0. The predicted octanol–water partition coefficient (Wildman–Crippen LogP) is 1.91. The average molecular weight is 265 g/mol. The van der Waals surface area contributed by atoms with Gasteiger partial charge in [0.15, 0.2) is 5.52 Å². The van der Waals surface area contributed by atoms with Gasteiger partial charge in [0.1, 0.15) is 5.52 Å². The van der Waals surface area contributed by atoms with Crippen LogP contribution in [0.15, 0.2) is 18.2 Å². The molecule has 0 bridgehead atoms. The van der Waals surface area contributed by atoms with Gasteiger partial charge >= 0.3 is 6.17 Å². The van der Waals surface area contributed by atoms with Gasteiger partial charge in [-0.25, -0.2) is 0 Å². The quantitative estimate of drug-likeness (QED) is 0.602. The number of nitro benzene ring substituents is 1. The Hall–Kier alpha value is -2.58. The minimum atomic E-state index is -1.06. The molecule has 0 fully saturated rings. The molecular formula is C10H11N5O4. The molecule has 1 aromatic heterocycles. The number of benzene rings is 1. The van der Waals surface area contributed by atoms with Gasteiger partial charge in [0.25, 0.3) is 5.69 Å². The van der Waals surface area contributed by atoms with Crippen molar-refractivity contribution in [1.82, 2.24) is 15.0 Å². The molecule has 0 N–H and O–H groups in total. The summed E-state index contributed by atoms with van der Waals surface area (Å²) in [5.74, 6) is 0. The van der Waals surface area contributed by atoms with Crippen LogP contribution in [0.3, 0.4) is 0 Å². The fourth-order valence-corrected chi connectivity index (χ4v) is 1.89. The third-order valence-electron chi connectivity index (χ3n) is 2.75. The first-order valence-electron chi connectivity index (χ1n) is 5.68. The third kappa shape index (κ3) is 2.21. The molecule has 0 radical (unpaired) electrons. The van der Waals surface area contributed by atoms with Crippen LogP contribution in [0.25, 0.3) is 11.0 Å². The maximum absolute atomic E-state index is 11.0. The summed E-state index contributed by atoms with van der Waals surface area (Å²) in [4.78, 5) is 20.8. The monoisotopic (exact) mass is 265 g/mol. The molecule has 2 rings (SSSR count). The van der Waals surface area contributed by atoms with Crippen molar-refractivity contribution in [2.75, 3.05) is 0 Å². The highest BCUT2D eigenvalue weighted by molar-refractivity contribution is 5.83. The van der Waals surface area contributed by atoms with Crippen LogP contribution in [0.2, 0.25) is 0 Å². The van der Waals surface area contributed by atoms with Gasteiger partial charge < -0.3 is 0 Å². The molecule has 0 saturated carbocycles. The molecule has 2 aromatic rings.